The molecule has 0 heterocycles. The molecule has 0 aliphatic carbocycles. The summed E-state index contributed by atoms with van der Waals surface area (Å²) in [5.74, 6) is -1.67. The Bertz CT molecular complexity index is 362. The fourth-order valence-corrected chi connectivity index (χ4v) is 1.19. The van der Waals surface area contributed by atoms with Crippen molar-refractivity contribution in [2.45, 2.75) is 18.6 Å². The van der Waals surface area contributed by atoms with E-state index in [0.717, 1.165) is 6.07 Å². The Balaban J connectivity index is 0.00000225. The Hall–Kier alpha value is -1.17. The van der Waals surface area contributed by atoms with Gasteiger partial charge in [-0.15, -0.1) is 12.4 Å². The summed E-state index contributed by atoms with van der Waals surface area (Å²) in [4.78, 5) is 10.4. The molecule has 0 aliphatic rings. The van der Waals surface area contributed by atoms with Gasteiger partial charge in [-0.3, -0.25) is 4.79 Å². The number of halogens is 2. The number of carbonyl (C=O) groups is 1. The van der Waals surface area contributed by atoms with Crippen molar-refractivity contribution in [3.05, 3.63) is 35.6 Å². The second-order valence-electron chi connectivity index (χ2n) is 3.25. The van der Waals surface area contributed by atoms with E-state index in [1.54, 1.807) is 0 Å². The molecular formula is C10H13ClFNO3. The van der Waals surface area contributed by atoms with Crippen LogP contribution in [-0.4, -0.2) is 22.2 Å². The zero-order chi connectivity index (χ0) is 11.4. The molecule has 0 radical (unpaired) electrons. The first-order valence-electron chi connectivity index (χ1n) is 4.42. The fraction of sp³-hybridized carbons (Fsp3) is 0.300. The van der Waals surface area contributed by atoms with Crippen molar-refractivity contribution in [1.29, 1.82) is 0 Å². The average molecular weight is 250 g/mol. The summed E-state index contributed by atoms with van der Waals surface area (Å²) in [7, 11) is 0. The molecule has 6 heteroatoms. The lowest BCUT2D eigenvalue weighted by atomic mass is 10.0. The largest absolute Gasteiger partial charge is 0.480 e. The molecule has 1 rings (SSSR count). The number of aliphatic hydroxyl groups is 1. The SMILES string of the molecule is Cl.NC(CC(O)c1cccc(F)c1)C(=O)O. The van der Waals surface area contributed by atoms with Gasteiger partial charge in [-0.05, 0) is 17.7 Å². The first kappa shape index (κ1) is 14.8. The number of nitrogens with two attached hydrogens (primary N) is 1. The maximum Gasteiger partial charge on any atom is 0.320 e. The Morgan fingerprint density at radius 2 is 2.12 bits per heavy atom. The molecule has 0 spiro atoms. The maximum absolute atomic E-state index is 12.8. The predicted octanol–water partition coefficient (Wildman–Crippen LogP) is 1.08. The van der Waals surface area contributed by atoms with Crippen LogP contribution in [0.3, 0.4) is 0 Å². The van der Waals surface area contributed by atoms with Crippen LogP contribution in [0, 0.1) is 5.82 Å². The van der Waals surface area contributed by atoms with E-state index >= 15 is 0 Å². The van der Waals surface area contributed by atoms with Gasteiger partial charge in [-0.1, -0.05) is 12.1 Å². The lowest BCUT2D eigenvalue weighted by Gasteiger charge is -2.13. The molecule has 0 saturated carbocycles. The van der Waals surface area contributed by atoms with E-state index in [1.165, 1.54) is 18.2 Å². The lowest BCUT2D eigenvalue weighted by Crippen LogP contribution is -2.31. The van der Waals surface area contributed by atoms with Crippen LogP contribution in [-0.2, 0) is 4.79 Å². The molecule has 0 bridgehead atoms. The summed E-state index contributed by atoms with van der Waals surface area (Å²) in [6.07, 6.45) is -1.20. The molecular weight excluding hydrogens is 237 g/mol. The van der Waals surface area contributed by atoms with Crippen molar-refractivity contribution in [3.8, 4) is 0 Å². The second kappa shape index (κ2) is 6.42. The Kier molecular flexibility index (Phi) is 5.95. The number of benzene rings is 1. The van der Waals surface area contributed by atoms with Gasteiger partial charge in [0.05, 0.1) is 6.10 Å². The summed E-state index contributed by atoms with van der Waals surface area (Å²) in [6, 6.07) is 4.21. The fourth-order valence-electron chi connectivity index (χ4n) is 1.19. The summed E-state index contributed by atoms with van der Waals surface area (Å²) < 4.78 is 12.8. The monoisotopic (exact) mass is 249 g/mol. The van der Waals surface area contributed by atoms with Crippen molar-refractivity contribution < 1.29 is 19.4 Å². The molecule has 2 atom stereocenters. The highest BCUT2D eigenvalue weighted by Gasteiger charge is 2.18. The van der Waals surface area contributed by atoms with Gasteiger partial charge in [-0.2, -0.15) is 0 Å². The first-order chi connectivity index (χ1) is 7.00. The number of carboxylic acids is 1. The molecule has 0 aliphatic heterocycles. The highest BCUT2D eigenvalue weighted by molar-refractivity contribution is 5.85. The van der Waals surface area contributed by atoms with E-state index in [9.17, 15) is 14.3 Å². The molecule has 0 amide bonds. The molecule has 1 aromatic carbocycles. The molecule has 0 fully saturated rings. The third-order valence-electron chi connectivity index (χ3n) is 2.03. The van der Waals surface area contributed by atoms with Crippen LogP contribution < -0.4 is 5.73 Å². The van der Waals surface area contributed by atoms with E-state index in [-0.39, 0.29) is 18.8 Å². The van der Waals surface area contributed by atoms with Crippen molar-refractivity contribution >= 4 is 18.4 Å². The zero-order valence-corrected chi connectivity index (χ0v) is 9.15. The predicted molar refractivity (Wildman–Crippen MR) is 58.8 cm³/mol. The second-order valence-corrected chi connectivity index (χ2v) is 3.25. The van der Waals surface area contributed by atoms with E-state index in [1.807, 2.05) is 0 Å². The zero-order valence-electron chi connectivity index (χ0n) is 8.34. The number of hydrogen-bond donors (Lipinski definition) is 3. The van der Waals surface area contributed by atoms with Crippen molar-refractivity contribution in [2.24, 2.45) is 5.73 Å². The number of aliphatic hydroxyl groups excluding tert-OH is 1. The van der Waals surface area contributed by atoms with E-state index in [2.05, 4.69) is 0 Å². The van der Waals surface area contributed by atoms with E-state index in [4.69, 9.17) is 10.8 Å². The van der Waals surface area contributed by atoms with Crippen LogP contribution in [0.25, 0.3) is 0 Å². The molecule has 4 nitrogen and oxygen atoms in total. The highest BCUT2D eigenvalue weighted by atomic mass is 35.5. The minimum atomic E-state index is -1.19. The first-order valence-corrected chi connectivity index (χ1v) is 4.42. The maximum atomic E-state index is 12.8. The lowest BCUT2D eigenvalue weighted by molar-refractivity contribution is -0.139. The molecule has 90 valence electrons. The Morgan fingerprint density at radius 1 is 1.50 bits per heavy atom. The topological polar surface area (TPSA) is 83.5 Å². The van der Waals surface area contributed by atoms with Crippen molar-refractivity contribution in [1.82, 2.24) is 0 Å². The highest BCUT2D eigenvalue weighted by Crippen LogP contribution is 2.18. The molecule has 1 aromatic rings. The number of carboxylic acid groups (broad SMARTS) is 1. The van der Waals surface area contributed by atoms with Gasteiger partial charge in [0.25, 0.3) is 0 Å². The summed E-state index contributed by atoms with van der Waals surface area (Å²) in [6.45, 7) is 0. The molecule has 0 aromatic heterocycles. The normalized spacial score (nSPS) is 13.7. The van der Waals surface area contributed by atoms with Crippen LogP contribution >= 0.6 is 12.4 Å². The van der Waals surface area contributed by atoms with Gasteiger partial charge in [-0.25, -0.2) is 4.39 Å². The third-order valence-corrected chi connectivity index (χ3v) is 2.03. The molecule has 4 N–H and O–H groups in total. The smallest absolute Gasteiger partial charge is 0.320 e. The minimum Gasteiger partial charge on any atom is -0.480 e. The van der Waals surface area contributed by atoms with Crippen LogP contribution in [0.1, 0.15) is 18.1 Å². The number of aliphatic carboxylic acids is 1. The Morgan fingerprint density at radius 3 is 2.62 bits per heavy atom. The molecule has 0 saturated heterocycles. The quantitative estimate of drug-likeness (QED) is 0.746. The van der Waals surface area contributed by atoms with Gasteiger partial charge in [0.1, 0.15) is 11.9 Å². The van der Waals surface area contributed by atoms with E-state index in [0.29, 0.717) is 5.56 Å². The van der Waals surface area contributed by atoms with Gasteiger partial charge < -0.3 is 15.9 Å². The molecule has 16 heavy (non-hydrogen) atoms. The van der Waals surface area contributed by atoms with Crippen molar-refractivity contribution in [2.75, 3.05) is 0 Å². The van der Waals surface area contributed by atoms with Gasteiger partial charge >= 0.3 is 5.97 Å². The molecule has 2 unspecified atom stereocenters. The summed E-state index contributed by atoms with van der Waals surface area (Å²) >= 11 is 0. The summed E-state index contributed by atoms with van der Waals surface area (Å²) in [5.41, 5.74) is 5.57. The van der Waals surface area contributed by atoms with Crippen LogP contribution in [0.4, 0.5) is 4.39 Å². The van der Waals surface area contributed by atoms with Gasteiger partial charge in [0, 0.05) is 6.42 Å². The van der Waals surface area contributed by atoms with Crippen molar-refractivity contribution in [3.63, 3.8) is 0 Å². The number of rotatable bonds is 4. The van der Waals surface area contributed by atoms with Gasteiger partial charge in [0.2, 0.25) is 0 Å². The third kappa shape index (κ3) is 4.14. The minimum absolute atomic E-state index is 0. The van der Waals surface area contributed by atoms with Gasteiger partial charge in [0.15, 0.2) is 0 Å². The van der Waals surface area contributed by atoms with E-state index < -0.39 is 23.9 Å². The average Bonchev–Trinajstić information content (AvgIpc) is 2.17. The standard InChI is InChI=1S/C10H12FNO3.ClH/c11-7-3-1-2-6(4-7)9(13)5-8(12)10(14)15;/h1-4,8-9,13H,5,12H2,(H,14,15);1H. The number of hydrogen-bond acceptors (Lipinski definition) is 3. The van der Waals surface area contributed by atoms with Crippen LogP contribution in [0.5, 0.6) is 0 Å². The van der Waals surface area contributed by atoms with Crippen LogP contribution in [0.15, 0.2) is 24.3 Å². The Labute approximate surface area is 98.3 Å². The van der Waals surface area contributed by atoms with Crippen LogP contribution in [0.2, 0.25) is 0 Å². The summed E-state index contributed by atoms with van der Waals surface area (Å²) in [5, 5.41) is 18.1.